The van der Waals surface area contributed by atoms with Gasteiger partial charge >= 0.3 is 5.97 Å². The molecule has 37 heavy (non-hydrogen) atoms. The summed E-state index contributed by atoms with van der Waals surface area (Å²) in [5, 5.41) is 35.1. The number of carboxylic acids is 1. The van der Waals surface area contributed by atoms with Crippen molar-refractivity contribution in [2.24, 2.45) is 0 Å². The fourth-order valence-electron chi connectivity index (χ4n) is 2.51. The van der Waals surface area contributed by atoms with Gasteiger partial charge in [0.15, 0.2) is 0 Å². The van der Waals surface area contributed by atoms with Crippen molar-refractivity contribution in [1.29, 1.82) is 0 Å². The number of phenolic OH excluding ortho intramolecular Hbond substituents is 3. The second kappa shape index (κ2) is 17.6. The smallest absolute Gasteiger partial charge is 0.330 e. The normalized spacial score (nSPS) is 12.8. The minimum absolute atomic E-state index is 0.151. The average Bonchev–Trinajstić information content (AvgIpc) is 3.72. The molecule has 0 amide bonds. The molecule has 4 rings (SSSR count). The standard InChI is InChI=1S/C15H16O2.C6H6O.C4H6O2.C3H5ClO.CH2O/c1-15(2,11-3-7-13(16)8-4-11)12-5-9-14(17)10-6-12;7-6-4-2-1-3-5-6;1-3(2)4(5)6;4-1-3-2-5-3;1-2/h3-10,16-17H,1-2H3;1-5,7H;1H2,2H3,(H,5,6);3H,1-2H2;1H2. The van der Waals surface area contributed by atoms with Crippen molar-refractivity contribution < 1.29 is 34.8 Å². The monoisotopic (exact) mass is 530 g/mol. The molecule has 3 aromatic carbocycles. The number of ether oxygens (including phenoxy) is 1. The molecule has 0 aliphatic carbocycles. The Bertz CT molecular complexity index is 986. The minimum atomic E-state index is -0.935. The molecule has 1 aliphatic heterocycles. The van der Waals surface area contributed by atoms with Gasteiger partial charge in [-0.05, 0) is 54.4 Å². The average molecular weight is 531 g/mol. The third-order valence-corrected chi connectivity index (χ3v) is 5.22. The number of carbonyl (C=O) groups is 2. The van der Waals surface area contributed by atoms with Crippen molar-refractivity contribution in [3.8, 4) is 17.2 Å². The maximum absolute atomic E-state index is 9.60. The molecule has 4 N–H and O–H groups in total. The van der Waals surface area contributed by atoms with E-state index >= 15 is 0 Å². The van der Waals surface area contributed by atoms with Crippen LogP contribution in [0.4, 0.5) is 0 Å². The second-order valence-corrected chi connectivity index (χ2v) is 8.56. The predicted octanol–water partition coefficient (Wildman–Crippen LogP) is 5.90. The van der Waals surface area contributed by atoms with Gasteiger partial charge in [0, 0.05) is 11.0 Å². The maximum atomic E-state index is 9.60. The van der Waals surface area contributed by atoms with Crippen LogP contribution in [0.2, 0.25) is 0 Å². The zero-order chi connectivity index (χ0) is 28.4. The first kappa shape index (κ1) is 33.2. The number of rotatable bonds is 4. The summed E-state index contributed by atoms with van der Waals surface area (Å²) in [6.45, 7) is 11.7. The number of halogens is 1. The summed E-state index contributed by atoms with van der Waals surface area (Å²) in [6.07, 6.45) is 0.400. The van der Waals surface area contributed by atoms with E-state index in [-0.39, 0.29) is 22.5 Å². The summed E-state index contributed by atoms with van der Waals surface area (Å²) in [7, 11) is 0. The molecule has 1 aliphatic rings. The Labute approximate surface area is 223 Å². The van der Waals surface area contributed by atoms with Gasteiger partial charge in [0.2, 0.25) is 0 Å². The Hall–Kier alpha value is -3.81. The van der Waals surface area contributed by atoms with Gasteiger partial charge < -0.3 is 30.0 Å². The second-order valence-electron chi connectivity index (χ2n) is 8.25. The van der Waals surface area contributed by atoms with Gasteiger partial charge in [0.25, 0.3) is 0 Å². The van der Waals surface area contributed by atoms with E-state index in [0.29, 0.717) is 17.7 Å². The summed E-state index contributed by atoms with van der Waals surface area (Å²) in [4.78, 5) is 17.6. The molecular weight excluding hydrogens is 496 g/mol. The molecule has 0 saturated carbocycles. The first-order chi connectivity index (χ1) is 17.5. The number of carbonyl (C=O) groups excluding carboxylic acids is 1. The summed E-state index contributed by atoms with van der Waals surface area (Å²) < 4.78 is 4.73. The number of phenols is 3. The van der Waals surface area contributed by atoms with E-state index in [2.05, 4.69) is 20.4 Å². The Morgan fingerprint density at radius 3 is 1.38 bits per heavy atom. The highest BCUT2D eigenvalue weighted by Gasteiger charge is 2.22. The molecule has 1 heterocycles. The van der Waals surface area contributed by atoms with Crippen LogP contribution in [0.25, 0.3) is 0 Å². The van der Waals surface area contributed by atoms with Crippen LogP contribution in [0.3, 0.4) is 0 Å². The fourth-order valence-corrected chi connectivity index (χ4v) is 2.69. The van der Waals surface area contributed by atoms with E-state index in [4.69, 9.17) is 31.3 Å². The van der Waals surface area contributed by atoms with Crippen LogP contribution >= 0.6 is 11.6 Å². The Kier molecular flexibility index (Phi) is 15.8. The summed E-state index contributed by atoms with van der Waals surface area (Å²) in [5.74, 6) is 0.600. The molecule has 3 aromatic rings. The van der Waals surface area contributed by atoms with E-state index in [1.165, 1.54) is 6.92 Å². The molecule has 0 spiro atoms. The van der Waals surface area contributed by atoms with Gasteiger partial charge in [0.1, 0.15) is 24.0 Å². The van der Waals surface area contributed by atoms with Crippen LogP contribution < -0.4 is 0 Å². The largest absolute Gasteiger partial charge is 0.508 e. The molecule has 1 saturated heterocycles. The molecule has 1 atom stereocenters. The van der Waals surface area contributed by atoms with Crippen LogP contribution in [-0.4, -0.2) is 51.8 Å². The molecule has 1 unspecified atom stereocenters. The molecule has 200 valence electrons. The van der Waals surface area contributed by atoms with Crippen molar-refractivity contribution in [2.45, 2.75) is 32.3 Å². The third-order valence-electron chi connectivity index (χ3n) is 4.87. The first-order valence-corrected chi connectivity index (χ1v) is 11.7. The van der Waals surface area contributed by atoms with Crippen LogP contribution in [0.5, 0.6) is 17.2 Å². The quantitative estimate of drug-likeness (QED) is 0.188. The maximum Gasteiger partial charge on any atom is 0.330 e. The zero-order valence-electron chi connectivity index (χ0n) is 21.3. The zero-order valence-corrected chi connectivity index (χ0v) is 22.1. The van der Waals surface area contributed by atoms with E-state index in [1.54, 1.807) is 48.5 Å². The van der Waals surface area contributed by atoms with Gasteiger partial charge in [-0.15, -0.1) is 11.6 Å². The Morgan fingerprint density at radius 1 is 0.865 bits per heavy atom. The van der Waals surface area contributed by atoms with Gasteiger partial charge in [-0.25, -0.2) is 4.79 Å². The molecule has 7 nitrogen and oxygen atoms in total. The molecule has 1 fully saturated rings. The van der Waals surface area contributed by atoms with E-state index in [1.807, 2.05) is 37.1 Å². The lowest BCUT2D eigenvalue weighted by Crippen LogP contribution is -2.18. The molecule has 0 bridgehead atoms. The lowest BCUT2D eigenvalue weighted by Gasteiger charge is -2.26. The highest BCUT2D eigenvalue weighted by atomic mass is 35.5. The van der Waals surface area contributed by atoms with Crippen LogP contribution in [0.15, 0.2) is 91.0 Å². The summed E-state index contributed by atoms with van der Waals surface area (Å²) in [5.41, 5.74) is 2.28. The predicted molar refractivity (Wildman–Crippen MR) is 146 cm³/mol. The number of aromatic hydroxyl groups is 3. The number of aliphatic carboxylic acids is 1. The summed E-state index contributed by atoms with van der Waals surface area (Å²) in [6, 6.07) is 23.2. The Morgan fingerprint density at radius 2 is 1.19 bits per heavy atom. The number of hydrogen-bond acceptors (Lipinski definition) is 6. The van der Waals surface area contributed by atoms with Crippen molar-refractivity contribution in [3.63, 3.8) is 0 Å². The third kappa shape index (κ3) is 14.4. The lowest BCUT2D eigenvalue weighted by atomic mass is 9.78. The van der Waals surface area contributed by atoms with E-state index in [9.17, 15) is 15.0 Å². The summed E-state index contributed by atoms with van der Waals surface area (Å²) >= 11 is 5.27. The van der Waals surface area contributed by atoms with Crippen molar-refractivity contribution in [2.75, 3.05) is 12.5 Å². The topological polar surface area (TPSA) is 128 Å². The van der Waals surface area contributed by atoms with Crippen molar-refractivity contribution in [1.82, 2.24) is 0 Å². The highest BCUT2D eigenvalue weighted by molar-refractivity contribution is 6.18. The fraction of sp³-hybridized carbons (Fsp3) is 0.241. The molecule has 0 radical (unpaired) electrons. The van der Waals surface area contributed by atoms with Gasteiger partial charge in [-0.2, -0.15) is 0 Å². The number of benzene rings is 3. The van der Waals surface area contributed by atoms with Crippen LogP contribution in [0, 0.1) is 0 Å². The van der Waals surface area contributed by atoms with Gasteiger partial charge in [-0.3, -0.25) is 0 Å². The van der Waals surface area contributed by atoms with E-state index < -0.39 is 5.97 Å². The number of para-hydroxylation sites is 1. The lowest BCUT2D eigenvalue weighted by molar-refractivity contribution is -0.132. The first-order valence-electron chi connectivity index (χ1n) is 11.2. The van der Waals surface area contributed by atoms with Crippen molar-refractivity contribution in [3.05, 3.63) is 102 Å². The number of hydrogen-bond donors (Lipinski definition) is 4. The number of epoxide rings is 1. The van der Waals surface area contributed by atoms with Crippen molar-refractivity contribution >= 4 is 24.4 Å². The van der Waals surface area contributed by atoms with E-state index in [0.717, 1.165) is 17.7 Å². The molecule has 0 aromatic heterocycles. The Balaban J connectivity index is 0.000000533. The van der Waals surface area contributed by atoms with Crippen LogP contribution in [-0.2, 0) is 19.7 Å². The number of carboxylic acid groups (broad SMARTS) is 1. The van der Waals surface area contributed by atoms with Crippen LogP contribution in [0.1, 0.15) is 31.9 Å². The minimum Gasteiger partial charge on any atom is -0.508 e. The molecular formula is C29H35ClO7. The molecule has 8 heteroatoms. The van der Waals surface area contributed by atoms with Gasteiger partial charge in [0.05, 0.1) is 18.6 Å². The highest BCUT2D eigenvalue weighted by Crippen LogP contribution is 2.32. The van der Waals surface area contributed by atoms with Gasteiger partial charge in [-0.1, -0.05) is 62.9 Å². The SMILES string of the molecule is C=C(C)C(=O)O.C=O.CC(C)(c1ccc(O)cc1)c1ccc(O)cc1.ClCC1CO1.Oc1ccccc1. The number of alkyl halides is 1.